The number of hydrogen-bond donors (Lipinski definition) is 0. The van der Waals surface area contributed by atoms with Crippen LogP contribution >= 0.6 is 11.3 Å². The molecular formula is C18H18BN4S+. The number of aromatic nitrogens is 1. The van der Waals surface area contributed by atoms with Gasteiger partial charge in [-0.1, -0.05) is 30.3 Å². The molecule has 0 aliphatic carbocycles. The van der Waals surface area contributed by atoms with Crippen LogP contribution in [0.5, 0.6) is 0 Å². The molecule has 1 heterocycles. The van der Waals surface area contributed by atoms with E-state index < -0.39 is 0 Å². The topological polar surface area (TPSA) is 31.8 Å². The Labute approximate surface area is 147 Å². The molecule has 3 rings (SSSR count). The van der Waals surface area contributed by atoms with Gasteiger partial charge in [0.15, 0.2) is 0 Å². The van der Waals surface area contributed by atoms with Crippen molar-refractivity contribution in [3.05, 3.63) is 71.2 Å². The second kappa shape index (κ2) is 7.40. The molecule has 0 saturated heterocycles. The maximum atomic E-state index is 6.19. The Hall–Kier alpha value is -2.47. The summed E-state index contributed by atoms with van der Waals surface area (Å²) in [5, 5.41) is 11.5. The number of anilines is 1. The molecule has 0 fully saturated rings. The van der Waals surface area contributed by atoms with Crippen molar-refractivity contribution in [3.63, 3.8) is 0 Å². The number of rotatable bonds is 5. The van der Waals surface area contributed by atoms with Crippen LogP contribution in [-0.2, 0) is 13.6 Å². The SMILES string of the molecule is [B]N(Cc1ccccc1)c1ccc(N=Nc2scc[n+]2C)c(C)c1. The number of aryl methyl sites for hydroxylation is 2. The maximum absolute atomic E-state index is 6.19. The van der Waals surface area contributed by atoms with E-state index in [1.807, 2.05) is 66.5 Å². The Morgan fingerprint density at radius 1 is 1.12 bits per heavy atom. The quantitative estimate of drug-likeness (QED) is 0.387. The highest BCUT2D eigenvalue weighted by molar-refractivity contribution is 7.12. The van der Waals surface area contributed by atoms with Crippen molar-refractivity contribution < 1.29 is 4.57 Å². The van der Waals surface area contributed by atoms with E-state index in [1.54, 1.807) is 16.1 Å². The molecule has 0 atom stereocenters. The van der Waals surface area contributed by atoms with Gasteiger partial charge in [-0.3, -0.25) is 0 Å². The van der Waals surface area contributed by atoms with E-state index in [0.717, 1.165) is 22.1 Å². The second-order valence-corrected chi connectivity index (χ2v) is 6.45. The minimum atomic E-state index is 0.659. The van der Waals surface area contributed by atoms with E-state index in [0.29, 0.717) is 6.54 Å². The Morgan fingerprint density at radius 3 is 2.58 bits per heavy atom. The molecule has 2 aromatic carbocycles. The molecule has 118 valence electrons. The average molecular weight is 333 g/mol. The minimum absolute atomic E-state index is 0.659. The van der Waals surface area contributed by atoms with Crippen molar-refractivity contribution in [3.8, 4) is 0 Å². The molecule has 3 aromatic rings. The van der Waals surface area contributed by atoms with Crippen molar-refractivity contribution in [1.82, 2.24) is 0 Å². The highest BCUT2D eigenvalue weighted by Gasteiger charge is 2.09. The first-order valence-electron chi connectivity index (χ1n) is 7.65. The normalized spacial score (nSPS) is 11.1. The van der Waals surface area contributed by atoms with Gasteiger partial charge in [-0.15, -0.1) is 0 Å². The standard InChI is InChI=1S/C18H18BN4S/c1-14-12-16(23(19)13-15-6-4-3-5-7-15)8-9-17(14)20-21-18-22(2)10-11-24-18/h3-12H,13H2,1-2H3/q+1. The average Bonchev–Trinajstić information content (AvgIpc) is 2.99. The summed E-state index contributed by atoms with van der Waals surface area (Å²) in [7, 11) is 8.15. The lowest BCUT2D eigenvalue weighted by atomic mass is 10.1. The summed E-state index contributed by atoms with van der Waals surface area (Å²) in [6, 6.07) is 16.1. The van der Waals surface area contributed by atoms with E-state index >= 15 is 0 Å². The highest BCUT2D eigenvalue weighted by atomic mass is 32.1. The summed E-state index contributed by atoms with van der Waals surface area (Å²) in [6.45, 7) is 2.68. The number of benzene rings is 2. The molecule has 0 spiro atoms. The zero-order valence-electron chi connectivity index (χ0n) is 13.8. The molecule has 6 heteroatoms. The van der Waals surface area contributed by atoms with Gasteiger partial charge in [0.1, 0.15) is 11.9 Å². The lowest BCUT2D eigenvalue weighted by Crippen LogP contribution is -2.23. The third kappa shape index (κ3) is 3.89. The zero-order valence-corrected chi connectivity index (χ0v) is 14.6. The molecular weight excluding hydrogens is 315 g/mol. The van der Waals surface area contributed by atoms with Gasteiger partial charge in [0.05, 0.1) is 12.2 Å². The molecule has 0 N–H and O–H groups in total. The summed E-state index contributed by atoms with van der Waals surface area (Å²) >= 11 is 1.56. The van der Waals surface area contributed by atoms with E-state index in [2.05, 4.69) is 22.4 Å². The molecule has 0 unspecified atom stereocenters. The van der Waals surface area contributed by atoms with Crippen molar-refractivity contribution >= 4 is 35.8 Å². The van der Waals surface area contributed by atoms with Gasteiger partial charge >= 0.3 is 5.13 Å². The molecule has 0 aliphatic heterocycles. The smallest absolute Gasteiger partial charge is 0.408 e. The third-order valence-corrected chi connectivity index (χ3v) is 4.55. The van der Waals surface area contributed by atoms with Crippen LogP contribution in [0, 0.1) is 6.92 Å². The summed E-state index contributed by atoms with van der Waals surface area (Å²) in [6.07, 6.45) is 1.96. The maximum Gasteiger partial charge on any atom is 0.408 e. The van der Waals surface area contributed by atoms with Crippen LogP contribution in [0.3, 0.4) is 0 Å². The lowest BCUT2D eigenvalue weighted by molar-refractivity contribution is -0.654. The monoisotopic (exact) mass is 333 g/mol. The van der Waals surface area contributed by atoms with Gasteiger partial charge in [0.2, 0.25) is 7.98 Å². The van der Waals surface area contributed by atoms with E-state index in [-0.39, 0.29) is 0 Å². The summed E-state index contributed by atoms with van der Waals surface area (Å²) in [4.78, 5) is 1.74. The molecule has 0 saturated carbocycles. The third-order valence-electron chi connectivity index (χ3n) is 3.71. The van der Waals surface area contributed by atoms with Crippen molar-refractivity contribution in [1.29, 1.82) is 0 Å². The fourth-order valence-corrected chi connectivity index (χ4v) is 3.00. The van der Waals surface area contributed by atoms with E-state index in [1.165, 1.54) is 5.56 Å². The fourth-order valence-electron chi connectivity index (χ4n) is 2.32. The number of thiazole rings is 1. The molecule has 0 aliphatic rings. The number of nitrogens with zero attached hydrogens (tertiary/aromatic N) is 4. The second-order valence-electron chi connectivity index (χ2n) is 5.58. The Kier molecular flexibility index (Phi) is 5.06. The summed E-state index contributed by atoms with van der Waals surface area (Å²) < 4.78 is 1.94. The predicted molar refractivity (Wildman–Crippen MR) is 99.2 cm³/mol. The minimum Gasteiger partial charge on any atom is -0.421 e. The van der Waals surface area contributed by atoms with Crippen molar-refractivity contribution in [2.45, 2.75) is 13.5 Å². The number of azo groups is 1. The van der Waals surface area contributed by atoms with Crippen LogP contribution in [0.25, 0.3) is 0 Å². The van der Waals surface area contributed by atoms with Gasteiger partial charge < -0.3 is 4.81 Å². The first kappa shape index (κ1) is 16.4. The largest absolute Gasteiger partial charge is 0.421 e. The molecule has 24 heavy (non-hydrogen) atoms. The van der Waals surface area contributed by atoms with E-state index in [4.69, 9.17) is 7.98 Å². The molecule has 0 amide bonds. The van der Waals surface area contributed by atoms with Gasteiger partial charge in [0.25, 0.3) is 0 Å². The van der Waals surface area contributed by atoms with Gasteiger partial charge in [0, 0.05) is 17.6 Å². The first-order chi connectivity index (χ1) is 11.6. The Balaban J connectivity index is 1.74. The van der Waals surface area contributed by atoms with Gasteiger partial charge in [-0.05, 0) is 52.7 Å². The molecule has 0 bridgehead atoms. The summed E-state index contributed by atoms with van der Waals surface area (Å²) in [5.74, 6) is 0. The van der Waals surface area contributed by atoms with E-state index in [9.17, 15) is 0 Å². The van der Waals surface area contributed by atoms with Crippen LogP contribution < -0.4 is 9.38 Å². The lowest BCUT2D eigenvalue weighted by Gasteiger charge is -2.20. The van der Waals surface area contributed by atoms with Crippen molar-refractivity contribution in [2.24, 2.45) is 17.3 Å². The zero-order chi connectivity index (χ0) is 16.9. The highest BCUT2D eigenvalue weighted by Crippen LogP contribution is 2.26. The van der Waals surface area contributed by atoms with Crippen LogP contribution in [0.15, 0.2) is 70.3 Å². The van der Waals surface area contributed by atoms with Crippen LogP contribution in [0.2, 0.25) is 0 Å². The predicted octanol–water partition coefficient (Wildman–Crippen LogP) is 4.39. The molecule has 4 nitrogen and oxygen atoms in total. The van der Waals surface area contributed by atoms with Crippen LogP contribution in [0.4, 0.5) is 16.5 Å². The van der Waals surface area contributed by atoms with Gasteiger partial charge in [-0.25, -0.2) is 4.57 Å². The molecule has 2 radical (unpaired) electrons. The molecule has 1 aromatic heterocycles. The fraction of sp³-hybridized carbons (Fsp3) is 0.167. The van der Waals surface area contributed by atoms with Crippen LogP contribution in [0.1, 0.15) is 11.1 Å². The van der Waals surface area contributed by atoms with Crippen molar-refractivity contribution in [2.75, 3.05) is 4.81 Å². The summed E-state index contributed by atoms with van der Waals surface area (Å²) in [5.41, 5.74) is 4.02. The van der Waals surface area contributed by atoms with Gasteiger partial charge in [-0.2, -0.15) is 0 Å². The Bertz CT molecular complexity index is 845. The Morgan fingerprint density at radius 2 is 1.92 bits per heavy atom. The van der Waals surface area contributed by atoms with Crippen LogP contribution in [-0.4, -0.2) is 7.98 Å². The number of hydrogen-bond acceptors (Lipinski definition) is 4. The first-order valence-corrected chi connectivity index (χ1v) is 8.53.